The van der Waals surface area contributed by atoms with E-state index in [1.165, 1.54) is 6.42 Å². The molecule has 0 aromatic rings. The molecule has 0 nitrogen and oxygen atoms in total. The molecule has 2 heteroatoms. The number of hydrogen-bond donors (Lipinski definition) is 0. The molecular formula is C4H9BrMg. The second kappa shape index (κ2) is 16.3. The predicted molar refractivity (Wildman–Crippen MR) is 26.0 cm³/mol. The quantitative estimate of drug-likeness (QED) is 0.244. The molecular weight excluding hydrogens is 153 g/mol. The molecule has 0 radical (unpaired) electrons. The number of halogens is 1. The minimum absolute atomic E-state index is 0. The van der Waals surface area contributed by atoms with Crippen molar-refractivity contribution in [3.8, 4) is 0 Å². The molecule has 0 aliphatic heterocycles. The first kappa shape index (κ1) is 15.7. The summed E-state index contributed by atoms with van der Waals surface area (Å²) in [6, 6.07) is 0. The largest absolute Gasteiger partial charge is 2.00 e. The summed E-state index contributed by atoms with van der Waals surface area (Å²) in [5, 5.41) is 0. The fourth-order valence-corrected chi connectivity index (χ4v) is 0. The van der Waals surface area contributed by atoms with Crippen LogP contribution in [0, 0.1) is 6.92 Å². The van der Waals surface area contributed by atoms with E-state index in [-0.39, 0.29) is 40.0 Å². The predicted octanol–water partition coefficient (Wildman–Crippen LogP) is -1.76. The summed E-state index contributed by atoms with van der Waals surface area (Å²) in [5.41, 5.74) is 0. The van der Waals surface area contributed by atoms with Crippen LogP contribution in [0.4, 0.5) is 0 Å². The Morgan fingerprint density at radius 2 is 1.67 bits per heavy atom. The van der Waals surface area contributed by atoms with Gasteiger partial charge in [0.25, 0.3) is 0 Å². The van der Waals surface area contributed by atoms with Crippen molar-refractivity contribution in [2.75, 3.05) is 0 Å². The van der Waals surface area contributed by atoms with Gasteiger partial charge in [-0.05, 0) is 0 Å². The van der Waals surface area contributed by atoms with Crippen LogP contribution in [0.3, 0.4) is 0 Å². The second-order valence-electron chi connectivity index (χ2n) is 0.854. The van der Waals surface area contributed by atoms with Crippen LogP contribution in [0.1, 0.15) is 19.8 Å². The Labute approximate surface area is 66.6 Å². The SMILES string of the molecule is CCC[13CH2-].[Br-].[Mg+2]. The number of rotatable bonds is 1. The third kappa shape index (κ3) is 18.7. The van der Waals surface area contributed by atoms with Gasteiger partial charge in [0, 0.05) is 0 Å². The topological polar surface area (TPSA) is 0 Å². The maximum atomic E-state index is 3.60. The van der Waals surface area contributed by atoms with E-state index in [1.807, 2.05) is 0 Å². The Morgan fingerprint density at radius 3 is 1.67 bits per heavy atom. The molecule has 0 saturated carbocycles. The molecule has 0 rings (SSSR count). The van der Waals surface area contributed by atoms with Crippen molar-refractivity contribution in [3.63, 3.8) is 0 Å². The van der Waals surface area contributed by atoms with Crippen molar-refractivity contribution in [3.05, 3.63) is 6.92 Å². The number of unbranched alkanes of at least 4 members (excludes halogenated alkanes) is 1. The standard InChI is InChI=1S/C4H9.BrH.Mg/c1-3-4-2;;/h1,3-4H2,2H3;1H;/q-1;;+2/p-1/i1+1;;. The summed E-state index contributed by atoms with van der Waals surface area (Å²) >= 11 is 0. The van der Waals surface area contributed by atoms with Gasteiger partial charge in [0.2, 0.25) is 0 Å². The third-order valence-corrected chi connectivity index (χ3v) is 0.354. The zero-order valence-electron chi connectivity index (χ0n) is 4.21. The molecule has 0 aromatic carbocycles. The summed E-state index contributed by atoms with van der Waals surface area (Å²) in [6.45, 7) is 5.72. The Kier molecular flexibility index (Phi) is 42.6. The zero-order valence-corrected chi connectivity index (χ0v) is 7.21. The van der Waals surface area contributed by atoms with Crippen LogP contribution in [0.25, 0.3) is 0 Å². The number of hydrogen-bond acceptors (Lipinski definition) is 0. The second-order valence-corrected chi connectivity index (χ2v) is 0.854. The van der Waals surface area contributed by atoms with Gasteiger partial charge >= 0.3 is 23.1 Å². The maximum absolute atomic E-state index is 3.60. The fraction of sp³-hybridized carbons (Fsp3) is 0.750. The third-order valence-electron chi connectivity index (χ3n) is 0.354. The fourth-order valence-electron chi connectivity index (χ4n) is 0. The first-order valence-corrected chi connectivity index (χ1v) is 1.71. The minimum Gasteiger partial charge on any atom is -1.00 e. The van der Waals surface area contributed by atoms with E-state index in [9.17, 15) is 0 Å². The molecule has 0 spiro atoms. The summed E-state index contributed by atoms with van der Waals surface area (Å²) < 4.78 is 0. The Hall–Kier alpha value is 1.25. The average molecular weight is 162 g/mol. The molecule has 0 saturated heterocycles. The normalized spacial score (nSPS) is 5.00. The molecule has 0 atom stereocenters. The summed E-state index contributed by atoms with van der Waals surface area (Å²) in [6.07, 6.45) is 2.28. The van der Waals surface area contributed by atoms with Crippen LogP contribution in [-0.4, -0.2) is 23.1 Å². The van der Waals surface area contributed by atoms with Crippen LogP contribution in [0.2, 0.25) is 0 Å². The van der Waals surface area contributed by atoms with Crippen molar-refractivity contribution in [1.29, 1.82) is 0 Å². The molecule has 6 heavy (non-hydrogen) atoms. The van der Waals surface area contributed by atoms with E-state index in [0.717, 1.165) is 6.42 Å². The Morgan fingerprint density at radius 1 is 1.50 bits per heavy atom. The average Bonchev–Trinajstić information content (AvgIpc) is 1.37. The zero-order chi connectivity index (χ0) is 3.41. The van der Waals surface area contributed by atoms with Gasteiger partial charge in [-0.3, -0.25) is 0 Å². The Balaban J connectivity index is -0.0000000450. The van der Waals surface area contributed by atoms with E-state index in [4.69, 9.17) is 0 Å². The van der Waals surface area contributed by atoms with Crippen LogP contribution >= 0.6 is 0 Å². The summed E-state index contributed by atoms with van der Waals surface area (Å²) in [4.78, 5) is 0. The first-order valence-electron chi connectivity index (χ1n) is 1.71. The van der Waals surface area contributed by atoms with Gasteiger partial charge in [0.1, 0.15) is 0 Å². The van der Waals surface area contributed by atoms with E-state index in [2.05, 4.69) is 13.8 Å². The maximum Gasteiger partial charge on any atom is 2.00 e. The molecule has 0 aliphatic carbocycles. The molecule has 0 fully saturated rings. The van der Waals surface area contributed by atoms with Crippen LogP contribution in [-0.2, 0) is 0 Å². The van der Waals surface area contributed by atoms with Crippen molar-refractivity contribution >= 4 is 23.1 Å². The van der Waals surface area contributed by atoms with E-state index >= 15 is 0 Å². The molecule has 0 aliphatic rings. The van der Waals surface area contributed by atoms with Crippen LogP contribution in [0.5, 0.6) is 0 Å². The van der Waals surface area contributed by atoms with Crippen molar-refractivity contribution < 1.29 is 17.0 Å². The van der Waals surface area contributed by atoms with Gasteiger partial charge in [0.15, 0.2) is 0 Å². The van der Waals surface area contributed by atoms with Gasteiger partial charge in [-0.25, -0.2) is 0 Å². The van der Waals surface area contributed by atoms with Gasteiger partial charge < -0.3 is 23.9 Å². The molecule has 0 heterocycles. The monoisotopic (exact) mass is 161 g/mol. The van der Waals surface area contributed by atoms with Crippen molar-refractivity contribution in [1.82, 2.24) is 0 Å². The van der Waals surface area contributed by atoms with Crippen LogP contribution in [0.15, 0.2) is 0 Å². The van der Waals surface area contributed by atoms with Crippen LogP contribution < -0.4 is 17.0 Å². The van der Waals surface area contributed by atoms with Gasteiger partial charge in [-0.2, -0.15) is 6.42 Å². The molecule has 0 bridgehead atoms. The van der Waals surface area contributed by atoms with Crippen molar-refractivity contribution in [2.45, 2.75) is 19.8 Å². The molecule has 0 aromatic heterocycles. The van der Waals surface area contributed by atoms with Gasteiger partial charge in [-0.1, -0.05) is 13.3 Å². The molecule has 0 N–H and O–H groups in total. The van der Waals surface area contributed by atoms with E-state index < -0.39 is 0 Å². The molecule has 0 unspecified atom stereocenters. The summed E-state index contributed by atoms with van der Waals surface area (Å²) in [7, 11) is 0. The first-order chi connectivity index (χ1) is 1.91. The van der Waals surface area contributed by atoms with Crippen molar-refractivity contribution in [2.24, 2.45) is 0 Å². The minimum atomic E-state index is 0. The van der Waals surface area contributed by atoms with E-state index in [0.29, 0.717) is 0 Å². The smallest absolute Gasteiger partial charge is 1.00 e. The van der Waals surface area contributed by atoms with Gasteiger partial charge in [-0.15, -0.1) is 0 Å². The molecule has 0 amide bonds. The van der Waals surface area contributed by atoms with E-state index in [1.54, 1.807) is 0 Å². The van der Waals surface area contributed by atoms with Gasteiger partial charge in [0.05, 0.1) is 0 Å². The summed E-state index contributed by atoms with van der Waals surface area (Å²) in [5.74, 6) is 0. The molecule has 34 valence electrons. The Bertz CT molecular complexity index is 9.51.